The number of pyridine rings is 1. The maximum atomic E-state index is 13.1. The molecule has 2 aliphatic carbocycles. The van der Waals surface area contributed by atoms with E-state index in [2.05, 4.69) is 12.2 Å². The summed E-state index contributed by atoms with van der Waals surface area (Å²) in [6.07, 6.45) is 6.89. The van der Waals surface area contributed by atoms with E-state index in [0.717, 1.165) is 60.1 Å². The minimum absolute atomic E-state index is 0.189. The van der Waals surface area contributed by atoms with Gasteiger partial charge in [-0.2, -0.15) is 0 Å². The number of amides is 2. The van der Waals surface area contributed by atoms with Crippen molar-refractivity contribution < 1.29 is 47.5 Å². The quantitative estimate of drug-likeness (QED) is 0.176. The van der Waals surface area contributed by atoms with Gasteiger partial charge in [-0.3, -0.25) is 4.98 Å². The summed E-state index contributed by atoms with van der Waals surface area (Å²) in [7, 11) is 4.80. The van der Waals surface area contributed by atoms with Gasteiger partial charge in [0.15, 0.2) is 23.0 Å². The van der Waals surface area contributed by atoms with E-state index in [-0.39, 0.29) is 38.3 Å². The second kappa shape index (κ2) is 17.3. The van der Waals surface area contributed by atoms with Crippen molar-refractivity contribution in [1.29, 1.82) is 0 Å². The van der Waals surface area contributed by atoms with Crippen LogP contribution in [0.15, 0.2) is 36.5 Å². The number of hydrogen-bond acceptors (Lipinski definition) is 11. The summed E-state index contributed by atoms with van der Waals surface area (Å²) < 4.78 is 44.9. The normalized spacial score (nSPS) is 20.3. The van der Waals surface area contributed by atoms with Gasteiger partial charge >= 0.3 is 12.2 Å². The van der Waals surface area contributed by atoms with Gasteiger partial charge in [0.05, 0.1) is 51.4 Å². The smallest absolute Gasteiger partial charge is 0.415 e. The number of methoxy groups -OCH3 is 2. The number of alkyl carbamates (subject to hydrolysis) is 1. The molecule has 13 heteroatoms. The Morgan fingerprint density at radius 2 is 1.67 bits per heavy atom. The first-order chi connectivity index (χ1) is 24.9. The Morgan fingerprint density at radius 1 is 0.941 bits per heavy atom. The Bertz CT molecular complexity index is 1650. The highest BCUT2D eigenvalue weighted by molar-refractivity contribution is 5.94. The van der Waals surface area contributed by atoms with Gasteiger partial charge in [-0.05, 0) is 79.2 Å². The molecule has 0 spiro atoms. The van der Waals surface area contributed by atoms with Crippen LogP contribution >= 0.6 is 0 Å². The minimum atomic E-state index is -0.605. The van der Waals surface area contributed by atoms with Crippen LogP contribution in [0.1, 0.15) is 44.6 Å². The lowest BCUT2D eigenvalue weighted by molar-refractivity contribution is 0.00729. The van der Waals surface area contributed by atoms with Crippen LogP contribution < -0.4 is 24.3 Å². The molecule has 2 amide bonds. The van der Waals surface area contributed by atoms with Crippen LogP contribution in [0.2, 0.25) is 0 Å². The van der Waals surface area contributed by atoms with E-state index in [0.29, 0.717) is 61.1 Å². The van der Waals surface area contributed by atoms with Gasteiger partial charge in [0.25, 0.3) is 0 Å². The number of rotatable bonds is 16. The Balaban J connectivity index is 0.919. The molecule has 3 aromatic rings. The first-order valence-corrected chi connectivity index (χ1v) is 17.8. The molecule has 276 valence electrons. The predicted molar refractivity (Wildman–Crippen MR) is 189 cm³/mol. The predicted octanol–water partition coefficient (Wildman–Crippen LogP) is 5.99. The second-order valence-corrected chi connectivity index (χ2v) is 13.3. The van der Waals surface area contributed by atoms with Crippen LogP contribution in [0, 0.1) is 11.8 Å². The standard InChI is InChI=1S/C38H49N3O10/c1-5-24-20-34-35(50-23-49-34)21-30(24)32-19-25-7-8-33(45-4)36(31(25)22-40-32)51-38(43)41(2)10-9-39-37(42)48-12-6-11-46-28-15-26-17-29(18-27(26)16-28)47-14-13-44-3/h7-8,19-22,26-29H,5-6,9-18,23H2,1-4H3,(H,39,42). The molecule has 13 nitrogen and oxygen atoms in total. The average Bonchev–Trinajstić information content (AvgIpc) is 3.86. The molecular formula is C38H49N3O10. The zero-order chi connectivity index (χ0) is 35.7. The molecule has 0 bridgehead atoms. The van der Waals surface area contributed by atoms with Gasteiger partial charge in [0.2, 0.25) is 6.79 Å². The van der Waals surface area contributed by atoms with Crippen LogP contribution in [0.3, 0.4) is 0 Å². The number of aryl methyl sites for hydroxylation is 1. The van der Waals surface area contributed by atoms with Crippen LogP contribution in [-0.2, 0) is 25.4 Å². The number of carbonyl (C=O) groups is 2. The van der Waals surface area contributed by atoms with Crippen LogP contribution in [0.25, 0.3) is 22.0 Å². The van der Waals surface area contributed by atoms with Gasteiger partial charge in [-0.1, -0.05) is 13.0 Å². The van der Waals surface area contributed by atoms with E-state index in [1.807, 2.05) is 24.3 Å². The maximum Gasteiger partial charge on any atom is 0.415 e. The van der Waals surface area contributed by atoms with Crippen molar-refractivity contribution in [3.8, 4) is 34.3 Å². The summed E-state index contributed by atoms with van der Waals surface area (Å²) in [6, 6.07) is 9.54. The molecule has 0 radical (unpaired) electrons. The molecule has 2 unspecified atom stereocenters. The molecule has 1 aromatic heterocycles. The van der Waals surface area contributed by atoms with Crippen LogP contribution in [0.4, 0.5) is 9.59 Å². The fraction of sp³-hybridized carbons (Fsp3) is 0.553. The van der Waals surface area contributed by atoms with Crippen LogP contribution in [-0.4, -0.2) is 102 Å². The first kappa shape index (κ1) is 36.5. The summed E-state index contributed by atoms with van der Waals surface area (Å²) >= 11 is 0. The van der Waals surface area contributed by atoms with E-state index in [1.54, 1.807) is 26.4 Å². The molecule has 2 saturated carbocycles. The number of aromatic nitrogens is 1. The fourth-order valence-electron chi connectivity index (χ4n) is 7.28. The topological polar surface area (TPSA) is 136 Å². The zero-order valence-electron chi connectivity index (χ0n) is 29.9. The van der Waals surface area contributed by atoms with Gasteiger partial charge in [0, 0.05) is 50.8 Å². The summed E-state index contributed by atoms with van der Waals surface area (Å²) in [4.78, 5) is 31.4. The SMILES string of the molecule is CCc1cc2c(cc1-c1cc3ccc(OC)c(OC(=O)N(C)CCNC(=O)OCCCOC4CC5CC(OCCOC)CC5C4)c3cn1)OCO2. The van der Waals surface area contributed by atoms with E-state index < -0.39 is 12.2 Å². The molecule has 51 heavy (non-hydrogen) atoms. The minimum Gasteiger partial charge on any atom is -0.493 e. The summed E-state index contributed by atoms with van der Waals surface area (Å²) in [5.74, 6) is 3.41. The van der Waals surface area contributed by atoms with Gasteiger partial charge in [-0.25, -0.2) is 9.59 Å². The molecule has 2 heterocycles. The Kier molecular flexibility index (Phi) is 12.3. The zero-order valence-corrected chi connectivity index (χ0v) is 29.9. The summed E-state index contributed by atoms with van der Waals surface area (Å²) in [5, 5.41) is 4.14. The van der Waals surface area contributed by atoms with E-state index >= 15 is 0 Å². The third-order valence-corrected chi connectivity index (χ3v) is 9.96. The van der Waals surface area contributed by atoms with Crippen molar-refractivity contribution in [2.45, 2.75) is 57.7 Å². The summed E-state index contributed by atoms with van der Waals surface area (Å²) in [6.45, 7) is 4.76. The molecule has 2 fully saturated rings. The van der Waals surface area contributed by atoms with Gasteiger partial charge < -0.3 is 48.1 Å². The number of ether oxygens (including phenoxy) is 8. The number of fused-ring (bicyclic) bond motifs is 3. The lowest BCUT2D eigenvalue weighted by Crippen LogP contribution is -2.37. The lowest BCUT2D eigenvalue weighted by Gasteiger charge is -2.19. The maximum absolute atomic E-state index is 13.1. The van der Waals surface area contributed by atoms with Crippen molar-refractivity contribution in [3.63, 3.8) is 0 Å². The highest BCUT2D eigenvalue weighted by Gasteiger charge is 2.42. The molecule has 6 rings (SSSR count). The lowest BCUT2D eigenvalue weighted by atomic mass is 9.99. The molecule has 2 aromatic carbocycles. The highest BCUT2D eigenvalue weighted by atomic mass is 16.7. The van der Waals surface area contributed by atoms with E-state index in [1.165, 1.54) is 12.0 Å². The van der Waals surface area contributed by atoms with Gasteiger partial charge in [0.1, 0.15) is 0 Å². The van der Waals surface area contributed by atoms with Crippen molar-refractivity contribution >= 4 is 23.0 Å². The summed E-state index contributed by atoms with van der Waals surface area (Å²) in [5.41, 5.74) is 2.79. The van der Waals surface area contributed by atoms with Gasteiger partial charge in [-0.15, -0.1) is 0 Å². The number of nitrogens with zero attached hydrogens (tertiary/aromatic N) is 2. The molecular weight excluding hydrogens is 658 g/mol. The van der Waals surface area contributed by atoms with E-state index in [4.69, 9.17) is 42.9 Å². The molecule has 2 atom stereocenters. The van der Waals surface area contributed by atoms with Crippen LogP contribution in [0.5, 0.6) is 23.0 Å². The molecule has 3 aliphatic rings. The van der Waals surface area contributed by atoms with Crippen molar-refractivity contribution in [2.75, 3.05) is 67.6 Å². The van der Waals surface area contributed by atoms with Crippen molar-refractivity contribution in [3.05, 3.63) is 42.1 Å². The number of benzene rings is 2. The third kappa shape index (κ3) is 8.95. The van der Waals surface area contributed by atoms with Crippen molar-refractivity contribution in [2.24, 2.45) is 11.8 Å². The van der Waals surface area contributed by atoms with Crippen molar-refractivity contribution in [1.82, 2.24) is 15.2 Å². The Hall–Kier alpha value is -4.33. The third-order valence-electron chi connectivity index (χ3n) is 9.96. The average molecular weight is 708 g/mol. The monoisotopic (exact) mass is 707 g/mol. The molecule has 1 aliphatic heterocycles. The largest absolute Gasteiger partial charge is 0.493 e. The Morgan fingerprint density at radius 3 is 2.37 bits per heavy atom. The molecule has 0 saturated heterocycles. The number of nitrogens with one attached hydrogen (secondary N) is 1. The number of carbonyl (C=O) groups excluding carboxylic acids is 2. The number of likely N-dealkylation sites (N-methyl/N-ethyl adjacent to an activating group) is 1. The number of hydrogen-bond donors (Lipinski definition) is 1. The highest BCUT2D eigenvalue weighted by Crippen LogP contribution is 2.46. The fourth-order valence-corrected chi connectivity index (χ4v) is 7.28. The molecule has 1 N–H and O–H groups in total. The Labute approximate surface area is 298 Å². The van der Waals surface area contributed by atoms with E-state index in [9.17, 15) is 9.59 Å². The second-order valence-electron chi connectivity index (χ2n) is 13.3. The first-order valence-electron chi connectivity index (χ1n) is 17.8.